The second-order valence-electron chi connectivity index (χ2n) is 7.69. The molecular formula is C21H24N2O7. The van der Waals surface area contributed by atoms with Crippen LogP contribution in [0.15, 0.2) is 30.3 Å². The summed E-state index contributed by atoms with van der Waals surface area (Å²) < 4.78 is 16.9. The SMILES string of the molecule is CNC(=O)CCC(=O)OC1C2O[C@@H](C3C(=O)N(Cc4ccccc4)C(=O)C23)[C@H]1OC. The number of imide groups is 1. The van der Waals surface area contributed by atoms with E-state index in [1.54, 1.807) is 0 Å². The molecule has 3 aliphatic heterocycles. The number of rotatable bonds is 7. The molecule has 9 nitrogen and oxygen atoms in total. The van der Waals surface area contributed by atoms with Crippen molar-refractivity contribution in [3.8, 4) is 0 Å². The van der Waals surface area contributed by atoms with Gasteiger partial charge in [0.1, 0.15) is 18.3 Å². The number of esters is 1. The first-order valence-electron chi connectivity index (χ1n) is 9.93. The maximum absolute atomic E-state index is 13.1. The largest absolute Gasteiger partial charge is 0.457 e. The van der Waals surface area contributed by atoms with Crippen LogP contribution in [0.5, 0.6) is 0 Å². The minimum Gasteiger partial charge on any atom is -0.457 e. The van der Waals surface area contributed by atoms with Crippen LogP contribution in [-0.4, -0.2) is 67.2 Å². The average Bonchev–Trinajstić information content (AvgIpc) is 3.38. The van der Waals surface area contributed by atoms with Crippen LogP contribution in [0.2, 0.25) is 0 Å². The minimum atomic E-state index is -0.799. The molecule has 0 aromatic heterocycles. The molecule has 3 aliphatic rings. The van der Waals surface area contributed by atoms with Crippen molar-refractivity contribution in [3.63, 3.8) is 0 Å². The van der Waals surface area contributed by atoms with E-state index in [0.29, 0.717) is 0 Å². The van der Waals surface area contributed by atoms with Crippen LogP contribution in [0.25, 0.3) is 0 Å². The lowest BCUT2D eigenvalue weighted by Gasteiger charge is -2.31. The second-order valence-corrected chi connectivity index (χ2v) is 7.69. The molecule has 1 N–H and O–H groups in total. The van der Waals surface area contributed by atoms with E-state index in [2.05, 4.69) is 5.32 Å². The topological polar surface area (TPSA) is 111 Å². The number of likely N-dealkylation sites (tertiary alicyclic amines) is 1. The molecule has 2 bridgehead atoms. The Hall–Kier alpha value is -2.78. The number of amides is 3. The van der Waals surface area contributed by atoms with Crippen LogP contribution in [0.3, 0.4) is 0 Å². The normalized spacial score (nSPS) is 31.7. The molecule has 4 rings (SSSR count). The van der Waals surface area contributed by atoms with Crippen molar-refractivity contribution in [2.75, 3.05) is 14.2 Å². The van der Waals surface area contributed by atoms with Crippen LogP contribution in [-0.2, 0) is 39.9 Å². The van der Waals surface area contributed by atoms with Crippen LogP contribution >= 0.6 is 0 Å². The molecule has 0 spiro atoms. The summed E-state index contributed by atoms with van der Waals surface area (Å²) in [6.07, 6.45) is -2.93. The Kier molecular flexibility index (Phi) is 5.57. The van der Waals surface area contributed by atoms with Gasteiger partial charge in [-0.3, -0.25) is 24.1 Å². The number of carbonyl (C=O) groups is 4. The first-order valence-corrected chi connectivity index (χ1v) is 9.93. The number of methoxy groups -OCH3 is 1. The van der Waals surface area contributed by atoms with Crippen molar-refractivity contribution in [2.45, 2.75) is 43.8 Å². The third-order valence-corrected chi connectivity index (χ3v) is 6.04. The standard InChI is InChI=1S/C21H24N2O7/c1-22-12(24)8-9-13(25)29-19-17-15-14(16(30-17)18(19)28-2)20(26)23(21(15)27)10-11-6-4-3-5-7-11/h3-7,14-19H,8-10H2,1-2H3,(H,22,24)/t14?,15?,16-,17?,18+,19?/m0/s1. The summed E-state index contributed by atoms with van der Waals surface area (Å²) in [5.74, 6) is -2.79. The molecule has 6 atom stereocenters. The molecule has 3 saturated heterocycles. The van der Waals surface area contributed by atoms with Crippen LogP contribution in [0.4, 0.5) is 0 Å². The van der Waals surface area contributed by atoms with Crippen molar-refractivity contribution in [2.24, 2.45) is 11.8 Å². The van der Waals surface area contributed by atoms with E-state index in [4.69, 9.17) is 14.2 Å². The van der Waals surface area contributed by atoms with Crippen LogP contribution in [0, 0.1) is 11.8 Å². The summed E-state index contributed by atoms with van der Waals surface area (Å²) in [5, 5.41) is 2.44. The molecule has 1 aromatic carbocycles. The molecule has 0 radical (unpaired) electrons. The lowest BCUT2D eigenvalue weighted by Crippen LogP contribution is -2.50. The Bertz CT molecular complexity index is 858. The Balaban J connectivity index is 1.49. The van der Waals surface area contributed by atoms with Crippen molar-refractivity contribution in [1.29, 1.82) is 0 Å². The number of nitrogens with zero attached hydrogens (tertiary/aromatic N) is 1. The molecule has 4 unspecified atom stereocenters. The number of ether oxygens (including phenoxy) is 3. The predicted molar refractivity (Wildman–Crippen MR) is 102 cm³/mol. The predicted octanol–water partition coefficient (Wildman–Crippen LogP) is 0.0218. The molecular weight excluding hydrogens is 392 g/mol. The Morgan fingerprint density at radius 1 is 1.03 bits per heavy atom. The van der Waals surface area contributed by atoms with Gasteiger partial charge in [-0.1, -0.05) is 30.3 Å². The molecule has 9 heteroatoms. The van der Waals surface area contributed by atoms with E-state index in [-0.39, 0.29) is 37.1 Å². The van der Waals surface area contributed by atoms with Crippen molar-refractivity contribution < 1.29 is 33.4 Å². The molecule has 3 fully saturated rings. The highest BCUT2D eigenvalue weighted by molar-refractivity contribution is 6.06. The van der Waals surface area contributed by atoms with Gasteiger partial charge in [-0.25, -0.2) is 0 Å². The average molecular weight is 416 g/mol. The van der Waals surface area contributed by atoms with Gasteiger partial charge in [-0.05, 0) is 5.56 Å². The quantitative estimate of drug-likeness (QED) is 0.493. The smallest absolute Gasteiger partial charge is 0.306 e. The summed E-state index contributed by atoms with van der Waals surface area (Å²) in [4.78, 5) is 50.9. The van der Waals surface area contributed by atoms with Gasteiger partial charge in [0, 0.05) is 20.6 Å². The number of hydrogen-bond acceptors (Lipinski definition) is 7. The molecule has 30 heavy (non-hydrogen) atoms. The van der Waals surface area contributed by atoms with Crippen LogP contribution < -0.4 is 5.32 Å². The summed E-state index contributed by atoms with van der Waals surface area (Å²) in [6.45, 7) is 0.194. The van der Waals surface area contributed by atoms with E-state index in [1.165, 1.54) is 19.1 Å². The van der Waals surface area contributed by atoms with E-state index in [0.717, 1.165) is 5.56 Å². The highest BCUT2D eigenvalue weighted by Gasteiger charge is 2.70. The minimum absolute atomic E-state index is 0.00295. The van der Waals surface area contributed by atoms with Gasteiger partial charge < -0.3 is 19.5 Å². The lowest BCUT2D eigenvalue weighted by molar-refractivity contribution is -0.162. The third kappa shape index (κ3) is 3.37. The van der Waals surface area contributed by atoms with E-state index in [1.807, 2.05) is 30.3 Å². The fourth-order valence-electron chi connectivity index (χ4n) is 4.63. The lowest BCUT2D eigenvalue weighted by atomic mass is 9.78. The fraction of sp³-hybridized carbons (Fsp3) is 0.524. The Morgan fingerprint density at radius 3 is 2.27 bits per heavy atom. The molecule has 3 amide bonds. The second kappa shape index (κ2) is 8.16. The van der Waals surface area contributed by atoms with E-state index >= 15 is 0 Å². The van der Waals surface area contributed by atoms with E-state index in [9.17, 15) is 19.2 Å². The zero-order valence-electron chi connectivity index (χ0n) is 16.8. The Morgan fingerprint density at radius 2 is 1.67 bits per heavy atom. The van der Waals surface area contributed by atoms with Gasteiger partial charge in [-0.15, -0.1) is 0 Å². The molecule has 1 aromatic rings. The van der Waals surface area contributed by atoms with Gasteiger partial charge in [0.25, 0.3) is 0 Å². The summed E-state index contributed by atoms with van der Waals surface area (Å²) in [7, 11) is 2.94. The first-order chi connectivity index (χ1) is 14.5. The monoisotopic (exact) mass is 416 g/mol. The van der Waals surface area contributed by atoms with E-state index < -0.39 is 42.2 Å². The van der Waals surface area contributed by atoms with Crippen molar-refractivity contribution in [3.05, 3.63) is 35.9 Å². The van der Waals surface area contributed by atoms with Gasteiger partial charge in [0.15, 0.2) is 6.10 Å². The highest BCUT2D eigenvalue weighted by atomic mass is 16.6. The van der Waals surface area contributed by atoms with Crippen molar-refractivity contribution in [1.82, 2.24) is 10.2 Å². The number of hydrogen-bond donors (Lipinski definition) is 1. The Labute approximate surface area is 173 Å². The summed E-state index contributed by atoms with van der Waals surface area (Å²) in [6, 6.07) is 9.28. The zero-order valence-corrected chi connectivity index (χ0v) is 16.8. The molecule has 0 saturated carbocycles. The number of carbonyl (C=O) groups excluding carboxylic acids is 4. The zero-order chi connectivity index (χ0) is 21.4. The fourth-order valence-corrected chi connectivity index (χ4v) is 4.63. The highest BCUT2D eigenvalue weighted by Crippen LogP contribution is 2.50. The summed E-state index contributed by atoms with van der Waals surface area (Å²) in [5.41, 5.74) is 0.855. The maximum atomic E-state index is 13.1. The number of fused-ring (bicyclic) bond motifs is 5. The van der Waals surface area contributed by atoms with Gasteiger partial charge >= 0.3 is 5.97 Å². The number of nitrogens with one attached hydrogen (secondary N) is 1. The molecule has 0 aliphatic carbocycles. The van der Waals surface area contributed by atoms with Gasteiger partial charge in [0.2, 0.25) is 17.7 Å². The third-order valence-electron chi connectivity index (χ3n) is 6.04. The molecule has 160 valence electrons. The van der Waals surface area contributed by atoms with Crippen molar-refractivity contribution >= 4 is 23.7 Å². The van der Waals surface area contributed by atoms with Crippen LogP contribution in [0.1, 0.15) is 18.4 Å². The first kappa shape index (κ1) is 20.5. The molecule has 3 heterocycles. The number of benzene rings is 1. The maximum Gasteiger partial charge on any atom is 0.306 e. The van der Waals surface area contributed by atoms with Gasteiger partial charge in [-0.2, -0.15) is 0 Å². The summed E-state index contributed by atoms with van der Waals surface area (Å²) >= 11 is 0. The van der Waals surface area contributed by atoms with Gasteiger partial charge in [0.05, 0.1) is 24.8 Å².